The van der Waals surface area contributed by atoms with E-state index in [1.165, 1.54) is 5.56 Å². The van der Waals surface area contributed by atoms with Crippen molar-refractivity contribution in [2.45, 2.75) is 44.9 Å². The van der Waals surface area contributed by atoms with E-state index in [0.717, 1.165) is 21.9 Å². The zero-order valence-corrected chi connectivity index (χ0v) is 16.9. The summed E-state index contributed by atoms with van der Waals surface area (Å²) in [6.07, 6.45) is 0. The molecule has 1 atom stereocenters. The number of hydrogen-bond acceptors (Lipinski definition) is 2. The van der Waals surface area contributed by atoms with Crippen LogP contribution in [0, 0.1) is 0 Å². The molecule has 0 radical (unpaired) electrons. The third kappa shape index (κ3) is 6.09. The average molecular weight is 376 g/mol. The SMILES string of the molecule is C[C@H](NC(=O)CSCc1ccccc1Cl)c1ccc(C(C)(C)C)cc1. The van der Waals surface area contributed by atoms with Gasteiger partial charge in [-0.3, -0.25) is 4.79 Å². The van der Waals surface area contributed by atoms with E-state index in [-0.39, 0.29) is 17.4 Å². The number of carbonyl (C=O) groups excluding carboxylic acids is 1. The van der Waals surface area contributed by atoms with Crippen LogP contribution in [0.5, 0.6) is 0 Å². The first-order valence-corrected chi connectivity index (χ1v) is 10.0. The van der Waals surface area contributed by atoms with Crippen LogP contribution in [0.15, 0.2) is 48.5 Å². The van der Waals surface area contributed by atoms with E-state index in [1.54, 1.807) is 11.8 Å². The van der Waals surface area contributed by atoms with E-state index in [0.29, 0.717) is 5.75 Å². The normalized spacial score (nSPS) is 12.7. The maximum absolute atomic E-state index is 12.2. The van der Waals surface area contributed by atoms with Crippen LogP contribution >= 0.6 is 23.4 Å². The van der Waals surface area contributed by atoms with Crippen LogP contribution in [0.3, 0.4) is 0 Å². The Kier molecular flexibility index (Phi) is 6.97. The monoisotopic (exact) mass is 375 g/mol. The molecule has 0 fully saturated rings. The fraction of sp³-hybridized carbons (Fsp3) is 0.381. The Morgan fingerprint density at radius 1 is 1.12 bits per heavy atom. The van der Waals surface area contributed by atoms with Gasteiger partial charge in [0.25, 0.3) is 0 Å². The van der Waals surface area contributed by atoms with Crippen LogP contribution in [0.1, 0.15) is 50.4 Å². The molecule has 0 aliphatic rings. The van der Waals surface area contributed by atoms with Crippen LogP contribution in [-0.4, -0.2) is 11.7 Å². The molecule has 4 heteroatoms. The highest BCUT2D eigenvalue weighted by Crippen LogP contribution is 2.24. The molecule has 0 saturated heterocycles. The van der Waals surface area contributed by atoms with Gasteiger partial charge >= 0.3 is 0 Å². The Morgan fingerprint density at radius 3 is 2.36 bits per heavy atom. The summed E-state index contributed by atoms with van der Waals surface area (Å²) in [4.78, 5) is 12.2. The lowest BCUT2D eigenvalue weighted by atomic mass is 9.86. The van der Waals surface area contributed by atoms with Crippen molar-refractivity contribution < 1.29 is 4.79 Å². The molecular weight excluding hydrogens is 350 g/mol. The van der Waals surface area contributed by atoms with Gasteiger partial charge in [0.15, 0.2) is 0 Å². The first-order valence-electron chi connectivity index (χ1n) is 8.48. The molecule has 0 aliphatic heterocycles. The van der Waals surface area contributed by atoms with Gasteiger partial charge in [-0.05, 0) is 35.1 Å². The molecule has 1 amide bonds. The first kappa shape index (κ1) is 19.9. The largest absolute Gasteiger partial charge is 0.349 e. The number of carbonyl (C=O) groups is 1. The smallest absolute Gasteiger partial charge is 0.230 e. The van der Waals surface area contributed by atoms with E-state index < -0.39 is 0 Å². The Hall–Kier alpha value is -1.45. The molecule has 2 nitrogen and oxygen atoms in total. The van der Waals surface area contributed by atoms with Crippen LogP contribution < -0.4 is 5.32 Å². The topological polar surface area (TPSA) is 29.1 Å². The predicted octanol–water partition coefficient (Wildman–Crippen LogP) is 5.75. The summed E-state index contributed by atoms with van der Waals surface area (Å²) in [5.41, 5.74) is 3.62. The summed E-state index contributed by atoms with van der Waals surface area (Å²) >= 11 is 7.71. The summed E-state index contributed by atoms with van der Waals surface area (Å²) in [6.45, 7) is 8.61. The number of rotatable bonds is 6. The first-order chi connectivity index (χ1) is 11.8. The Labute approximate surface area is 160 Å². The molecule has 0 aromatic heterocycles. The standard InChI is InChI=1S/C21H26ClNOS/c1-15(16-9-11-18(12-10-16)21(2,3)4)23-20(24)14-25-13-17-7-5-6-8-19(17)22/h5-12,15H,13-14H2,1-4H3,(H,23,24)/t15-/m0/s1. The van der Waals surface area contributed by atoms with Crippen molar-refractivity contribution in [1.82, 2.24) is 5.32 Å². The zero-order chi connectivity index (χ0) is 18.4. The molecule has 134 valence electrons. The van der Waals surface area contributed by atoms with E-state index >= 15 is 0 Å². The number of nitrogens with one attached hydrogen (secondary N) is 1. The summed E-state index contributed by atoms with van der Waals surface area (Å²) in [5, 5.41) is 3.82. The van der Waals surface area contributed by atoms with Gasteiger partial charge in [0, 0.05) is 10.8 Å². The van der Waals surface area contributed by atoms with Crippen LogP contribution in [-0.2, 0) is 16.0 Å². The Morgan fingerprint density at radius 2 is 1.76 bits per heavy atom. The number of thioether (sulfide) groups is 1. The molecule has 0 bridgehead atoms. The number of hydrogen-bond donors (Lipinski definition) is 1. The van der Waals surface area contributed by atoms with Crippen LogP contribution in [0.25, 0.3) is 0 Å². The second-order valence-corrected chi connectivity index (χ2v) is 8.64. The van der Waals surface area contributed by atoms with Crippen molar-refractivity contribution in [3.63, 3.8) is 0 Å². The third-order valence-corrected chi connectivity index (χ3v) is 5.45. The highest BCUT2D eigenvalue weighted by molar-refractivity contribution is 7.99. The molecule has 0 heterocycles. The van der Waals surface area contributed by atoms with Gasteiger partial charge in [0.1, 0.15) is 0 Å². The summed E-state index contributed by atoms with van der Waals surface area (Å²) < 4.78 is 0. The average Bonchev–Trinajstić information content (AvgIpc) is 2.56. The van der Waals surface area contributed by atoms with Crippen molar-refractivity contribution in [3.8, 4) is 0 Å². The fourth-order valence-corrected chi connectivity index (χ4v) is 3.63. The molecular formula is C21H26ClNOS. The molecule has 2 aromatic rings. The summed E-state index contributed by atoms with van der Waals surface area (Å²) in [7, 11) is 0. The highest BCUT2D eigenvalue weighted by Gasteiger charge is 2.15. The predicted molar refractivity (Wildman–Crippen MR) is 109 cm³/mol. The number of benzene rings is 2. The van der Waals surface area contributed by atoms with Crippen LogP contribution in [0.4, 0.5) is 0 Å². The van der Waals surface area contributed by atoms with Gasteiger partial charge in [0.2, 0.25) is 5.91 Å². The molecule has 0 unspecified atom stereocenters. The number of halogens is 1. The Bertz CT molecular complexity index is 707. The number of amides is 1. The summed E-state index contributed by atoms with van der Waals surface area (Å²) in [6, 6.07) is 16.2. The van der Waals surface area contributed by atoms with Gasteiger partial charge in [-0.2, -0.15) is 0 Å². The second kappa shape index (κ2) is 8.77. The van der Waals surface area contributed by atoms with Crippen molar-refractivity contribution >= 4 is 29.3 Å². The van der Waals surface area contributed by atoms with Crippen molar-refractivity contribution in [2.24, 2.45) is 0 Å². The van der Waals surface area contributed by atoms with Crippen molar-refractivity contribution in [3.05, 3.63) is 70.2 Å². The minimum atomic E-state index is 0.00225. The quantitative estimate of drug-likeness (QED) is 0.696. The van der Waals surface area contributed by atoms with Crippen molar-refractivity contribution in [2.75, 3.05) is 5.75 Å². The van der Waals surface area contributed by atoms with Crippen LogP contribution in [0.2, 0.25) is 5.02 Å². The van der Waals surface area contributed by atoms with Gasteiger partial charge in [-0.15, -0.1) is 11.8 Å². The molecule has 2 aromatic carbocycles. The fourth-order valence-electron chi connectivity index (χ4n) is 2.51. The third-order valence-electron chi connectivity index (χ3n) is 4.10. The molecule has 25 heavy (non-hydrogen) atoms. The van der Waals surface area contributed by atoms with Gasteiger partial charge in [-0.25, -0.2) is 0 Å². The minimum absolute atomic E-state index is 0.00225. The maximum atomic E-state index is 12.2. The Balaban J connectivity index is 1.82. The summed E-state index contributed by atoms with van der Waals surface area (Å²) in [5.74, 6) is 1.21. The van der Waals surface area contributed by atoms with E-state index in [1.807, 2.05) is 31.2 Å². The lowest BCUT2D eigenvalue weighted by Crippen LogP contribution is -2.28. The van der Waals surface area contributed by atoms with E-state index in [2.05, 4.69) is 50.4 Å². The molecule has 2 rings (SSSR count). The van der Waals surface area contributed by atoms with E-state index in [9.17, 15) is 4.79 Å². The maximum Gasteiger partial charge on any atom is 0.230 e. The highest BCUT2D eigenvalue weighted by atomic mass is 35.5. The molecule has 0 spiro atoms. The minimum Gasteiger partial charge on any atom is -0.349 e. The van der Waals surface area contributed by atoms with Gasteiger partial charge < -0.3 is 5.32 Å². The second-order valence-electron chi connectivity index (χ2n) is 7.25. The molecule has 0 aliphatic carbocycles. The molecule has 0 saturated carbocycles. The van der Waals surface area contributed by atoms with Crippen molar-refractivity contribution in [1.29, 1.82) is 0 Å². The van der Waals surface area contributed by atoms with Gasteiger partial charge in [-0.1, -0.05) is 74.8 Å². The zero-order valence-electron chi connectivity index (χ0n) is 15.3. The van der Waals surface area contributed by atoms with E-state index in [4.69, 9.17) is 11.6 Å². The lowest BCUT2D eigenvalue weighted by Gasteiger charge is -2.20. The molecule has 1 N–H and O–H groups in total. The lowest BCUT2D eigenvalue weighted by molar-refractivity contribution is -0.119. The van der Waals surface area contributed by atoms with Gasteiger partial charge in [0.05, 0.1) is 11.8 Å².